The average Bonchev–Trinajstić information content (AvgIpc) is 3.42. The largest absolute Gasteiger partial charge is 0.339 e. The lowest BCUT2D eigenvalue weighted by Crippen LogP contribution is -1.94. The molecule has 0 aliphatic heterocycles. The Kier molecular flexibility index (Phi) is 6.63. The zero-order chi connectivity index (χ0) is 21.5. The molecule has 0 bridgehead atoms. The summed E-state index contributed by atoms with van der Waals surface area (Å²) in [4.78, 5) is 2.11. The monoisotopic (exact) mass is 425 g/mol. The van der Waals surface area contributed by atoms with Crippen molar-refractivity contribution in [3.63, 3.8) is 0 Å². The molecule has 0 radical (unpaired) electrons. The summed E-state index contributed by atoms with van der Waals surface area (Å²) >= 11 is 3.35. The molecule has 3 heterocycles. The van der Waals surface area contributed by atoms with Gasteiger partial charge < -0.3 is 4.57 Å². The maximum Gasteiger partial charge on any atom is 0.129 e. The van der Waals surface area contributed by atoms with Crippen LogP contribution in [0.1, 0.15) is 23.1 Å². The van der Waals surface area contributed by atoms with Gasteiger partial charge in [-0.15, -0.1) is 22.7 Å². The van der Waals surface area contributed by atoms with Crippen LogP contribution in [0.2, 0.25) is 0 Å². The van der Waals surface area contributed by atoms with Crippen LogP contribution in [0, 0.1) is 45.3 Å². The Hall–Kier alpha value is -3.88. The van der Waals surface area contributed by atoms with Crippen molar-refractivity contribution in [2.24, 2.45) is 0 Å². The third-order valence-corrected chi connectivity index (χ3v) is 6.57. The molecule has 5 nitrogen and oxygen atoms in total. The summed E-state index contributed by atoms with van der Waals surface area (Å²) in [5.41, 5.74) is 2.51. The van der Waals surface area contributed by atoms with E-state index in [-0.39, 0.29) is 11.1 Å². The lowest BCUT2D eigenvalue weighted by Gasteiger charge is -2.02. The lowest BCUT2D eigenvalue weighted by atomic mass is 10.3. The van der Waals surface area contributed by atoms with E-state index in [1.165, 1.54) is 32.6 Å². The van der Waals surface area contributed by atoms with Gasteiger partial charge in [0.05, 0.1) is 20.4 Å². The minimum atomic E-state index is 0.0740. The highest BCUT2D eigenvalue weighted by molar-refractivity contribution is 7.28. The van der Waals surface area contributed by atoms with E-state index in [0.29, 0.717) is 0 Å². The van der Waals surface area contributed by atoms with Crippen LogP contribution in [-0.2, 0) is 6.54 Å². The Balaban J connectivity index is 2.02. The molecule has 7 heteroatoms. The van der Waals surface area contributed by atoms with E-state index in [1.54, 1.807) is 34.8 Å². The van der Waals surface area contributed by atoms with Gasteiger partial charge in [-0.1, -0.05) is 19.1 Å². The predicted molar refractivity (Wildman–Crippen MR) is 122 cm³/mol. The zero-order valence-corrected chi connectivity index (χ0v) is 17.7. The summed E-state index contributed by atoms with van der Waals surface area (Å²) in [6, 6.07) is 11.7. The van der Waals surface area contributed by atoms with Gasteiger partial charge in [0.1, 0.15) is 35.4 Å². The van der Waals surface area contributed by atoms with Gasteiger partial charge in [0, 0.05) is 16.3 Å². The molecule has 0 aromatic carbocycles. The normalized spacial score (nSPS) is 10.7. The summed E-state index contributed by atoms with van der Waals surface area (Å²) in [6.45, 7) is 3.05. The molecule has 0 saturated carbocycles. The van der Waals surface area contributed by atoms with Crippen molar-refractivity contribution in [2.45, 2.75) is 19.9 Å². The summed E-state index contributed by atoms with van der Waals surface area (Å²) in [5, 5.41) is 35.3. The lowest BCUT2D eigenvalue weighted by molar-refractivity contribution is 0.724. The van der Waals surface area contributed by atoms with E-state index >= 15 is 0 Å². The van der Waals surface area contributed by atoms with Gasteiger partial charge in [-0.3, -0.25) is 0 Å². The van der Waals surface area contributed by atoms with Crippen LogP contribution in [0.4, 0.5) is 0 Å². The first-order chi connectivity index (χ1) is 14.6. The standard InChI is InChI=1S/C23H15N5S2/c1-2-9-28-20-10-18(7-3-5-16(12-24)13-25)29-22(20)23-21(28)11-19(30-23)8-4-6-17(14-26)15-27/h3-8,10-11H,2,9H2,1H3/b7-3+,8-4+. The molecule has 0 fully saturated rings. The van der Waals surface area contributed by atoms with Crippen molar-refractivity contribution in [2.75, 3.05) is 0 Å². The molecule has 0 amide bonds. The number of hydrogen-bond donors (Lipinski definition) is 0. The minimum absolute atomic E-state index is 0.0740. The molecule has 0 atom stereocenters. The summed E-state index contributed by atoms with van der Waals surface area (Å²) in [7, 11) is 0. The number of aryl methyl sites for hydroxylation is 1. The van der Waals surface area contributed by atoms with Crippen LogP contribution >= 0.6 is 22.7 Å². The van der Waals surface area contributed by atoms with E-state index in [2.05, 4.69) is 23.6 Å². The van der Waals surface area contributed by atoms with Gasteiger partial charge in [0.2, 0.25) is 0 Å². The molecule has 0 saturated heterocycles. The molecule has 3 aromatic heterocycles. The zero-order valence-electron chi connectivity index (χ0n) is 16.1. The van der Waals surface area contributed by atoms with E-state index in [1.807, 2.05) is 36.4 Å². The van der Waals surface area contributed by atoms with Crippen molar-refractivity contribution in [1.29, 1.82) is 21.0 Å². The highest BCUT2D eigenvalue weighted by Gasteiger charge is 2.15. The molecule has 3 rings (SSSR count). The molecule has 0 N–H and O–H groups in total. The van der Waals surface area contributed by atoms with Crippen molar-refractivity contribution in [3.8, 4) is 24.3 Å². The molecule has 3 aromatic rings. The Bertz CT molecular complexity index is 1260. The van der Waals surface area contributed by atoms with Gasteiger partial charge in [0.25, 0.3) is 0 Å². The quantitative estimate of drug-likeness (QED) is 0.341. The molecule has 0 aliphatic carbocycles. The number of allylic oxidation sites excluding steroid dienone is 6. The highest BCUT2D eigenvalue weighted by Crippen LogP contribution is 2.41. The molecule has 30 heavy (non-hydrogen) atoms. The van der Waals surface area contributed by atoms with E-state index in [9.17, 15) is 0 Å². The summed E-state index contributed by atoms with van der Waals surface area (Å²) in [6.07, 6.45) is 11.3. The van der Waals surface area contributed by atoms with Crippen LogP contribution in [-0.4, -0.2) is 4.57 Å². The smallest absolute Gasteiger partial charge is 0.129 e. The van der Waals surface area contributed by atoms with Crippen molar-refractivity contribution in [1.82, 2.24) is 4.57 Å². The summed E-state index contributed by atoms with van der Waals surface area (Å²) in [5.74, 6) is 0. The second-order valence-electron chi connectivity index (χ2n) is 6.20. The number of rotatable bonds is 6. The van der Waals surface area contributed by atoms with Crippen molar-refractivity contribution < 1.29 is 0 Å². The number of fused-ring (bicyclic) bond motifs is 3. The van der Waals surface area contributed by atoms with Crippen LogP contribution in [0.15, 0.2) is 47.6 Å². The average molecular weight is 426 g/mol. The molecule has 0 unspecified atom stereocenters. The molecule has 0 aliphatic rings. The van der Waals surface area contributed by atoms with Crippen LogP contribution < -0.4 is 0 Å². The molecule has 144 valence electrons. The molecule has 0 spiro atoms. The van der Waals surface area contributed by atoms with Gasteiger partial charge in [-0.25, -0.2) is 0 Å². The van der Waals surface area contributed by atoms with Gasteiger partial charge in [-0.05, 0) is 42.9 Å². The number of hydrogen-bond acceptors (Lipinski definition) is 6. The molecular formula is C23H15N5S2. The fraction of sp³-hybridized carbons (Fsp3) is 0.130. The Morgan fingerprint density at radius 3 is 1.63 bits per heavy atom. The summed E-state index contributed by atoms with van der Waals surface area (Å²) < 4.78 is 4.72. The first kappa shape index (κ1) is 20.8. The molecular weight excluding hydrogens is 410 g/mol. The van der Waals surface area contributed by atoms with E-state index in [0.717, 1.165) is 22.7 Å². The maximum atomic E-state index is 8.83. The van der Waals surface area contributed by atoms with Gasteiger partial charge in [-0.2, -0.15) is 21.0 Å². The topological polar surface area (TPSA) is 100 Å². The fourth-order valence-corrected chi connectivity index (χ4v) is 5.26. The van der Waals surface area contributed by atoms with Gasteiger partial charge in [0.15, 0.2) is 0 Å². The second kappa shape index (κ2) is 9.55. The van der Waals surface area contributed by atoms with Crippen LogP contribution in [0.5, 0.6) is 0 Å². The highest BCUT2D eigenvalue weighted by atomic mass is 32.1. The Morgan fingerprint density at radius 1 is 0.833 bits per heavy atom. The number of nitriles is 4. The van der Waals surface area contributed by atoms with Crippen molar-refractivity contribution >= 4 is 55.3 Å². The maximum absolute atomic E-state index is 8.83. The minimum Gasteiger partial charge on any atom is -0.339 e. The van der Waals surface area contributed by atoms with E-state index in [4.69, 9.17) is 21.0 Å². The fourth-order valence-electron chi connectivity index (χ4n) is 2.96. The Morgan fingerprint density at radius 2 is 1.27 bits per heavy atom. The predicted octanol–water partition coefficient (Wildman–Crippen LogP) is 6.30. The van der Waals surface area contributed by atoms with Gasteiger partial charge >= 0.3 is 0 Å². The number of aromatic nitrogens is 1. The van der Waals surface area contributed by atoms with Crippen molar-refractivity contribution in [3.05, 3.63) is 57.3 Å². The Labute approximate surface area is 182 Å². The first-order valence-corrected chi connectivity index (χ1v) is 10.7. The van der Waals surface area contributed by atoms with Crippen LogP contribution in [0.3, 0.4) is 0 Å². The first-order valence-electron chi connectivity index (χ1n) is 9.07. The number of nitrogens with zero attached hydrogens (tertiary/aromatic N) is 5. The van der Waals surface area contributed by atoms with E-state index < -0.39 is 0 Å². The van der Waals surface area contributed by atoms with Crippen LogP contribution in [0.25, 0.3) is 32.6 Å². The number of thiophene rings is 2. The second-order valence-corrected chi connectivity index (χ2v) is 8.37. The third kappa shape index (κ3) is 4.24. The third-order valence-electron chi connectivity index (χ3n) is 4.23. The SMILES string of the molecule is CCCn1c2cc(/C=C/C=C(C#N)C#N)sc2c2sc(/C=C/C=C(C#N)C#N)cc21.